The van der Waals surface area contributed by atoms with Crippen molar-refractivity contribution in [2.24, 2.45) is 0 Å². The van der Waals surface area contributed by atoms with Gasteiger partial charge in [0.05, 0.1) is 12.2 Å². The lowest BCUT2D eigenvalue weighted by Crippen LogP contribution is -2.34. The molecule has 0 bridgehead atoms. The fourth-order valence-electron chi connectivity index (χ4n) is 1.64. The molecule has 0 spiro atoms. The lowest BCUT2D eigenvalue weighted by Gasteiger charge is -2.20. The first-order valence-corrected chi connectivity index (χ1v) is 5.42. The molecule has 0 aromatic rings. The maximum atomic E-state index is 11.6. The van der Waals surface area contributed by atoms with Gasteiger partial charge in [0.25, 0.3) is 0 Å². The molecule has 1 fully saturated rings. The Bertz CT molecular complexity index is 254. The Balaban J connectivity index is 2.26. The number of ether oxygens (including phenoxy) is 1. The van der Waals surface area contributed by atoms with E-state index in [1.54, 1.807) is 14.0 Å². The minimum absolute atomic E-state index is 0.0274. The molecular weight excluding hydrogens is 192 g/mol. The standard InChI is InChI=1S/C11H18N2O2/c1-9(8-12)13(2)11(14)6-5-10-4-3-7-15-10/h9-10H,3-7H2,1-2H3. The molecule has 2 atom stereocenters. The van der Waals surface area contributed by atoms with E-state index in [4.69, 9.17) is 10.00 Å². The first-order chi connectivity index (χ1) is 7.15. The van der Waals surface area contributed by atoms with Crippen LogP contribution in [-0.4, -0.2) is 36.6 Å². The van der Waals surface area contributed by atoms with Gasteiger partial charge in [0.15, 0.2) is 0 Å². The van der Waals surface area contributed by atoms with E-state index in [1.807, 2.05) is 6.07 Å². The van der Waals surface area contributed by atoms with E-state index in [0.29, 0.717) is 6.42 Å². The highest BCUT2D eigenvalue weighted by molar-refractivity contribution is 5.76. The Morgan fingerprint density at radius 3 is 3.00 bits per heavy atom. The van der Waals surface area contributed by atoms with Crippen LogP contribution in [0.15, 0.2) is 0 Å². The molecule has 1 heterocycles. The van der Waals surface area contributed by atoms with Crippen molar-refractivity contribution in [2.75, 3.05) is 13.7 Å². The van der Waals surface area contributed by atoms with Gasteiger partial charge in [-0.25, -0.2) is 0 Å². The van der Waals surface area contributed by atoms with Crippen LogP contribution in [0.3, 0.4) is 0 Å². The predicted molar refractivity (Wildman–Crippen MR) is 56.1 cm³/mol. The first-order valence-electron chi connectivity index (χ1n) is 5.42. The smallest absolute Gasteiger partial charge is 0.223 e. The molecule has 1 rings (SSSR count). The van der Waals surface area contributed by atoms with Gasteiger partial charge in [-0.3, -0.25) is 4.79 Å². The van der Waals surface area contributed by atoms with Crippen LogP contribution in [-0.2, 0) is 9.53 Å². The Kier molecular flexibility index (Phi) is 4.57. The summed E-state index contributed by atoms with van der Waals surface area (Å²) in [6.45, 7) is 2.55. The van der Waals surface area contributed by atoms with Crippen molar-refractivity contribution in [1.29, 1.82) is 5.26 Å². The van der Waals surface area contributed by atoms with Gasteiger partial charge < -0.3 is 9.64 Å². The number of hydrogen-bond acceptors (Lipinski definition) is 3. The molecule has 1 saturated heterocycles. The molecule has 0 saturated carbocycles. The molecule has 4 heteroatoms. The number of carbonyl (C=O) groups excluding carboxylic acids is 1. The highest BCUT2D eigenvalue weighted by Crippen LogP contribution is 2.17. The van der Waals surface area contributed by atoms with Crippen LogP contribution < -0.4 is 0 Å². The van der Waals surface area contributed by atoms with Crippen molar-refractivity contribution in [2.45, 2.75) is 44.8 Å². The van der Waals surface area contributed by atoms with Crippen molar-refractivity contribution in [3.8, 4) is 6.07 Å². The highest BCUT2D eigenvalue weighted by Gasteiger charge is 2.19. The SMILES string of the molecule is CC(C#N)N(C)C(=O)CCC1CCCO1. The fourth-order valence-corrected chi connectivity index (χ4v) is 1.64. The average Bonchev–Trinajstić information content (AvgIpc) is 2.76. The molecule has 0 aliphatic carbocycles. The molecule has 15 heavy (non-hydrogen) atoms. The van der Waals surface area contributed by atoms with Gasteiger partial charge in [0.1, 0.15) is 6.04 Å². The van der Waals surface area contributed by atoms with E-state index in [0.717, 1.165) is 25.9 Å². The van der Waals surface area contributed by atoms with Crippen molar-refractivity contribution >= 4 is 5.91 Å². The van der Waals surface area contributed by atoms with E-state index in [2.05, 4.69) is 0 Å². The van der Waals surface area contributed by atoms with E-state index >= 15 is 0 Å². The molecule has 2 unspecified atom stereocenters. The third-order valence-electron chi connectivity index (χ3n) is 2.87. The summed E-state index contributed by atoms with van der Waals surface area (Å²) in [7, 11) is 1.67. The van der Waals surface area contributed by atoms with Gasteiger partial charge >= 0.3 is 0 Å². The maximum Gasteiger partial charge on any atom is 0.223 e. The quantitative estimate of drug-likeness (QED) is 0.703. The minimum Gasteiger partial charge on any atom is -0.378 e. The minimum atomic E-state index is -0.345. The average molecular weight is 210 g/mol. The van der Waals surface area contributed by atoms with Crippen molar-refractivity contribution < 1.29 is 9.53 Å². The normalized spacial score (nSPS) is 22.1. The van der Waals surface area contributed by atoms with Gasteiger partial charge in [-0.2, -0.15) is 5.26 Å². The topological polar surface area (TPSA) is 53.3 Å². The molecular formula is C11H18N2O2. The number of hydrogen-bond donors (Lipinski definition) is 0. The third kappa shape index (κ3) is 3.52. The number of nitriles is 1. The van der Waals surface area contributed by atoms with Crippen molar-refractivity contribution in [1.82, 2.24) is 4.90 Å². The molecule has 1 aliphatic rings. The Hall–Kier alpha value is -1.08. The van der Waals surface area contributed by atoms with Crippen molar-refractivity contribution in [3.63, 3.8) is 0 Å². The Morgan fingerprint density at radius 1 is 1.73 bits per heavy atom. The second-order valence-corrected chi connectivity index (χ2v) is 3.98. The number of nitrogens with zero attached hydrogens (tertiary/aromatic N) is 2. The summed E-state index contributed by atoms with van der Waals surface area (Å²) in [4.78, 5) is 13.1. The molecule has 84 valence electrons. The molecule has 0 N–H and O–H groups in total. The van der Waals surface area contributed by atoms with Crippen LogP contribution in [0.5, 0.6) is 0 Å². The van der Waals surface area contributed by atoms with Crippen LogP contribution in [0.4, 0.5) is 0 Å². The van der Waals surface area contributed by atoms with Crippen LogP contribution in [0.25, 0.3) is 0 Å². The van der Waals surface area contributed by atoms with E-state index in [-0.39, 0.29) is 18.1 Å². The Labute approximate surface area is 90.8 Å². The van der Waals surface area contributed by atoms with Gasteiger partial charge in [-0.1, -0.05) is 0 Å². The predicted octanol–water partition coefficient (Wildman–Crippen LogP) is 1.32. The Morgan fingerprint density at radius 2 is 2.47 bits per heavy atom. The number of rotatable bonds is 4. The summed E-state index contributed by atoms with van der Waals surface area (Å²) < 4.78 is 5.43. The van der Waals surface area contributed by atoms with Crippen LogP contribution in [0, 0.1) is 11.3 Å². The van der Waals surface area contributed by atoms with Gasteiger partial charge in [0, 0.05) is 20.1 Å². The summed E-state index contributed by atoms with van der Waals surface area (Å²) >= 11 is 0. The summed E-state index contributed by atoms with van der Waals surface area (Å²) in [6, 6.07) is 1.70. The van der Waals surface area contributed by atoms with Crippen molar-refractivity contribution in [3.05, 3.63) is 0 Å². The zero-order valence-corrected chi connectivity index (χ0v) is 9.40. The molecule has 1 aliphatic heterocycles. The molecule has 0 aromatic heterocycles. The highest BCUT2D eigenvalue weighted by atomic mass is 16.5. The largest absolute Gasteiger partial charge is 0.378 e. The fraction of sp³-hybridized carbons (Fsp3) is 0.818. The summed E-state index contributed by atoms with van der Waals surface area (Å²) in [5.41, 5.74) is 0. The van der Waals surface area contributed by atoms with E-state index in [1.165, 1.54) is 4.90 Å². The lowest BCUT2D eigenvalue weighted by molar-refractivity contribution is -0.131. The first kappa shape index (κ1) is 12.0. The van der Waals surface area contributed by atoms with Crippen LogP contribution in [0.2, 0.25) is 0 Å². The molecule has 0 radical (unpaired) electrons. The maximum absolute atomic E-state index is 11.6. The number of carbonyl (C=O) groups is 1. The second-order valence-electron chi connectivity index (χ2n) is 3.98. The van der Waals surface area contributed by atoms with Gasteiger partial charge in [-0.15, -0.1) is 0 Å². The van der Waals surface area contributed by atoms with Gasteiger partial charge in [0.2, 0.25) is 5.91 Å². The second kappa shape index (κ2) is 5.72. The molecule has 0 aromatic carbocycles. The summed E-state index contributed by atoms with van der Waals surface area (Å²) in [5, 5.41) is 8.67. The van der Waals surface area contributed by atoms with Crippen LogP contribution >= 0.6 is 0 Å². The zero-order chi connectivity index (χ0) is 11.3. The third-order valence-corrected chi connectivity index (χ3v) is 2.87. The van der Waals surface area contributed by atoms with E-state index in [9.17, 15) is 4.79 Å². The van der Waals surface area contributed by atoms with Gasteiger partial charge in [-0.05, 0) is 26.2 Å². The lowest BCUT2D eigenvalue weighted by atomic mass is 10.1. The zero-order valence-electron chi connectivity index (χ0n) is 9.40. The van der Waals surface area contributed by atoms with E-state index < -0.39 is 0 Å². The number of amides is 1. The monoisotopic (exact) mass is 210 g/mol. The molecule has 4 nitrogen and oxygen atoms in total. The summed E-state index contributed by atoms with van der Waals surface area (Å²) in [6.07, 6.45) is 3.67. The van der Waals surface area contributed by atoms with Crippen LogP contribution in [0.1, 0.15) is 32.6 Å². The summed E-state index contributed by atoms with van der Waals surface area (Å²) in [5.74, 6) is 0.0274. The molecule has 1 amide bonds.